The highest BCUT2D eigenvalue weighted by Gasteiger charge is 2.49. The zero-order valence-corrected chi connectivity index (χ0v) is 15.5. The van der Waals surface area contributed by atoms with Gasteiger partial charge >= 0.3 is 12.0 Å². The minimum Gasteiger partial charge on any atom is -0.467 e. The van der Waals surface area contributed by atoms with E-state index in [4.69, 9.17) is 0 Å². The molecular weight excluding hydrogens is 357 g/mol. The lowest BCUT2D eigenvalue weighted by atomic mass is 9.92. The topological polar surface area (TPSA) is 105 Å². The summed E-state index contributed by atoms with van der Waals surface area (Å²) in [4.78, 5) is 49.8. The van der Waals surface area contributed by atoms with Crippen LogP contribution < -0.4 is 10.6 Å². The van der Waals surface area contributed by atoms with Crippen molar-refractivity contribution >= 4 is 23.8 Å². The molecular formula is C18H22FN3O5. The number of halogens is 1. The summed E-state index contributed by atoms with van der Waals surface area (Å²) in [7, 11) is 1.20. The first kappa shape index (κ1) is 20.3. The highest BCUT2D eigenvalue weighted by atomic mass is 19.1. The lowest BCUT2D eigenvalue weighted by molar-refractivity contribution is -0.146. The number of carbonyl (C=O) groups excluding carboxylic acids is 4. The molecule has 4 amide bonds. The predicted octanol–water partition coefficient (Wildman–Crippen LogP) is 0.906. The molecule has 0 aliphatic carbocycles. The molecule has 0 spiro atoms. The molecule has 2 atom stereocenters. The van der Waals surface area contributed by atoms with Gasteiger partial charge in [0, 0.05) is 0 Å². The van der Waals surface area contributed by atoms with Gasteiger partial charge in [-0.1, -0.05) is 26.0 Å². The summed E-state index contributed by atoms with van der Waals surface area (Å²) in [6, 6.07) is 3.50. The van der Waals surface area contributed by atoms with E-state index >= 15 is 0 Å². The smallest absolute Gasteiger partial charge is 0.328 e. The zero-order chi connectivity index (χ0) is 20.4. The lowest BCUT2D eigenvalue weighted by Gasteiger charge is -2.23. The van der Waals surface area contributed by atoms with Crippen LogP contribution in [-0.4, -0.2) is 48.4 Å². The molecule has 2 rings (SSSR count). The number of esters is 1. The predicted molar refractivity (Wildman–Crippen MR) is 92.8 cm³/mol. The van der Waals surface area contributed by atoms with Crippen LogP contribution in [0.3, 0.4) is 0 Å². The zero-order valence-electron chi connectivity index (χ0n) is 15.5. The number of benzene rings is 1. The van der Waals surface area contributed by atoms with E-state index in [0.29, 0.717) is 5.56 Å². The van der Waals surface area contributed by atoms with Gasteiger partial charge in [0.2, 0.25) is 5.91 Å². The van der Waals surface area contributed by atoms with Crippen molar-refractivity contribution in [2.24, 2.45) is 5.92 Å². The molecule has 27 heavy (non-hydrogen) atoms. The third-order valence-corrected chi connectivity index (χ3v) is 4.44. The van der Waals surface area contributed by atoms with Crippen LogP contribution in [0.1, 0.15) is 26.3 Å². The molecule has 1 unspecified atom stereocenters. The molecule has 1 aromatic rings. The maximum absolute atomic E-state index is 13.1. The van der Waals surface area contributed by atoms with Crippen molar-refractivity contribution in [3.8, 4) is 0 Å². The van der Waals surface area contributed by atoms with Crippen LogP contribution in [0.4, 0.5) is 9.18 Å². The Balaban J connectivity index is 2.14. The Hall–Kier alpha value is -2.97. The van der Waals surface area contributed by atoms with Crippen molar-refractivity contribution in [2.45, 2.75) is 32.4 Å². The Bertz CT molecular complexity index is 765. The molecule has 8 nitrogen and oxygen atoms in total. The summed E-state index contributed by atoms with van der Waals surface area (Å²) in [5.41, 5.74) is -1.02. The Kier molecular flexibility index (Phi) is 5.82. The van der Waals surface area contributed by atoms with E-state index in [1.165, 1.54) is 38.3 Å². The van der Waals surface area contributed by atoms with E-state index in [1.807, 2.05) is 0 Å². The number of rotatable bonds is 6. The van der Waals surface area contributed by atoms with E-state index in [1.54, 1.807) is 13.8 Å². The lowest BCUT2D eigenvalue weighted by Crippen LogP contribution is -2.49. The van der Waals surface area contributed by atoms with Gasteiger partial charge in [0.25, 0.3) is 5.91 Å². The van der Waals surface area contributed by atoms with Crippen LogP contribution in [0, 0.1) is 11.7 Å². The molecule has 1 heterocycles. The Morgan fingerprint density at radius 2 is 1.85 bits per heavy atom. The van der Waals surface area contributed by atoms with Gasteiger partial charge in [0.15, 0.2) is 0 Å². The van der Waals surface area contributed by atoms with Crippen LogP contribution in [0.2, 0.25) is 0 Å². The number of nitrogens with one attached hydrogen (secondary N) is 2. The minimum atomic E-state index is -1.41. The first-order valence-corrected chi connectivity index (χ1v) is 8.37. The van der Waals surface area contributed by atoms with Crippen molar-refractivity contribution in [2.75, 3.05) is 13.7 Å². The van der Waals surface area contributed by atoms with Crippen LogP contribution in [0.5, 0.6) is 0 Å². The average Bonchev–Trinajstić information content (AvgIpc) is 2.83. The quantitative estimate of drug-likeness (QED) is 0.565. The first-order valence-electron chi connectivity index (χ1n) is 8.37. The van der Waals surface area contributed by atoms with E-state index in [2.05, 4.69) is 15.4 Å². The number of imide groups is 1. The Morgan fingerprint density at radius 3 is 2.37 bits per heavy atom. The third-order valence-electron chi connectivity index (χ3n) is 4.44. The molecule has 146 valence electrons. The number of amides is 4. The first-order chi connectivity index (χ1) is 12.6. The van der Waals surface area contributed by atoms with Crippen LogP contribution >= 0.6 is 0 Å². The second-order valence-electron chi connectivity index (χ2n) is 6.77. The number of nitrogens with zero attached hydrogens (tertiary/aromatic N) is 1. The summed E-state index contributed by atoms with van der Waals surface area (Å²) >= 11 is 0. The van der Waals surface area contributed by atoms with Gasteiger partial charge in [-0.15, -0.1) is 0 Å². The van der Waals surface area contributed by atoms with Crippen molar-refractivity contribution in [3.05, 3.63) is 35.6 Å². The molecule has 1 aliphatic heterocycles. The number of ether oxygens (including phenoxy) is 1. The molecule has 0 saturated carbocycles. The van der Waals surface area contributed by atoms with Crippen molar-refractivity contribution in [1.29, 1.82) is 0 Å². The van der Waals surface area contributed by atoms with Gasteiger partial charge in [0.05, 0.1) is 7.11 Å². The SMILES string of the molecule is COC(=O)[C@@H](NC(=O)CN1C(=O)NC(C)(c2ccc(F)cc2)C1=O)C(C)C. The second kappa shape index (κ2) is 7.73. The van der Waals surface area contributed by atoms with Gasteiger partial charge < -0.3 is 15.4 Å². The molecule has 0 radical (unpaired) electrons. The molecule has 1 saturated heterocycles. The van der Waals surface area contributed by atoms with Gasteiger partial charge in [-0.25, -0.2) is 14.0 Å². The summed E-state index contributed by atoms with van der Waals surface area (Å²) in [5, 5.41) is 5.00. The van der Waals surface area contributed by atoms with Crippen LogP contribution in [0.15, 0.2) is 24.3 Å². The summed E-state index contributed by atoms with van der Waals surface area (Å²) in [5.74, 6) is -2.65. The number of methoxy groups -OCH3 is 1. The molecule has 1 aromatic carbocycles. The normalized spacial score (nSPS) is 20.4. The average molecular weight is 379 g/mol. The number of carbonyl (C=O) groups is 4. The van der Waals surface area contributed by atoms with Crippen LogP contribution in [-0.2, 0) is 24.7 Å². The molecule has 0 bridgehead atoms. The summed E-state index contributed by atoms with van der Waals surface area (Å²) in [6.45, 7) is 4.37. The van der Waals surface area contributed by atoms with E-state index < -0.39 is 47.8 Å². The van der Waals surface area contributed by atoms with E-state index in [0.717, 1.165) is 4.90 Å². The Morgan fingerprint density at radius 1 is 1.26 bits per heavy atom. The van der Waals surface area contributed by atoms with E-state index in [-0.39, 0.29) is 5.92 Å². The standard InChI is InChI=1S/C18H22FN3O5/c1-10(2)14(15(24)27-4)20-13(23)9-22-16(25)18(3,21-17(22)26)11-5-7-12(19)8-6-11/h5-8,10,14H,9H2,1-4H3,(H,20,23)(H,21,26)/t14-,18?/m0/s1. The van der Waals surface area contributed by atoms with Gasteiger partial charge in [-0.05, 0) is 30.5 Å². The van der Waals surface area contributed by atoms with Gasteiger partial charge in [-0.3, -0.25) is 14.5 Å². The third kappa shape index (κ3) is 4.07. The molecule has 9 heteroatoms. The van der Waals surface area contributed by atoms with Gasteiger partial charge in [-0.2, -0.15) is 0 Å². The number of hydrogen-bond acceptors (Lipinski definition) is 5. The Labute approximate surface area is 156 Å². The van der Waals surface area contributed by atoms with Gasteiger partial charge in [0.1, 0.15) is 23.9 Å². The fraction of sp³-hybridized carbons (Fsp3) is 0.444. The fourth-order valence-corrected chi connectivity index (χ4v) is 2.81. The number of urea groups is 1. The molecule has 1 aliphatic rings. The highest BCUT2D eigenvalue weighted by molar-refractivity contribution is 6.09. The van der Waals surface area contributed by atoms with E-state index in [9.17, 15) is 23.6 Å². The molecule has 1 fully saturated rings. The summed E-state index contributed by atoms with van der Waals surface area (Å²) in [6.07, 6.45) is 0. The maximum atomic E-state index is 13.1. The minimum absolute atomic E-state index is 0.242. The fourth-order valence-electron chi connectivity index (χ4n) is 2.81. The van der Waals surface area contributed by atoms with Crippen molar-refractivity contribution < 1.29 is 28.3 Å². The highest BCUT2D eigenvalue weighted by Crippen LogP contribution is 2.28. The van der Waals surface area contributed by atoms with Crippen molar-refractivity contribution in [3.63, 3.8) is 0 Å². The maximum Gasteiger partial charge on any atom is 0.328 e. The molecule has 0 aromatic heterocycles. The molecule has 2 N–H and O–H groups in total. The second-order valence-corrected chi connectivity index (χ2v) is 6.77. The number of hydrogen-bond donors (Lipinski definition) is 2. The largest absolute Gasteiger partial charge is 0.467 e. The van der Waals surface area contributed by atoms with Crippen LogP contribution in [0.25, 0.3) is 0 Å². The monoisotopic (exact) mass is 379 g/mol. The van der Waals surface area contributed by atoms with Crippen molar-refractivity contribution in [1.82, 2.24) is 15.5 Å². The summed E-state index contributed by atoms with van der Waals surface area (Å²) < 4.78 is 17.8.